The van der Waals surface area contributed by atoms with Crippen molar-refractivity contribution in [3.05, 3.63) is 59.7 Å². The Balaban J connectivity index is 0.00000450. The van der Waals surface area contributed by atoms with Crippen LogP contribution in [0.4, 0.5) is 0 Å². The Kier molecular flexibility index (Phi) is 15.0. The Morgan fingerprint density at radius 3 is 1.26 bits per heavy atom. The average Bonchev–Trinajstić information content (AvgIpc) is 2.77. The Hall–Kier alpha value is -2.44. The Bertz CT molecular complexity index is 727. The largest absolute Gasteiger partial charge is 0.497 e. The molecule has 4 N–H and O–H groups in total. The number of amidine groups is 2. The molecular weight excluding hydrogens is 435 g/mol. The molecule has 0 fully saturated rings. The van der Waals surface area contributed by atoms with Crippen LogP contribution in [-0.2, 0) is 0 Å². The van der Waals surface area contributed by atoms with Crippen LogP contribution in [0.25, 0.3) is 0 Å². The van der Waals surface area contributed by atoms with Gasteiger partial charge in [0.05, 0.1) is 14.2 Å². The maximum atomic E-state index is 6.04. The Labute approximate surface area is 198 Å². The number of aliphatic imine (C=N–C) groups is 2. The average molecular weight is 469 g/mol. The third kappa shape index (κ3) is 10.4. The summed E-state index contributed by atoms with van der Waals surface area (Å²) in [6, 6.07) is 15.3. The van der Waals surface area contributed by atoms with Gasteiger partial charge in [-0.05, 0) is 61.4 Å². The molecule has 0 saturated carbocycles. The van der Waals surface area contributed by atoms with Gasteiger partial charge in [-0.15, -0.1) is 24.8 Å². The van der Waals surface area contributed by atoms with Gasteiger partial charge in [0.1, 0.15) is 23.2 Å². The number of unbranched alkanes of at least 4 members (excludes halogenated alkanes) is 4. The van der Waals surface area contributed by atoms with Gasteiger partial charge in [-0.25, -0.2) is 0 Å². The molecule has 6 nitrogen and oxygen atoms in total. The molecule has 0 heterocycles. The van der Waals surface area contributed by atoms with Crippen molar-refractivity contribution in [2.45, 2.75) is 32.1 Å². The van der Waals surface area contributed by atoms with Crippen molar-refractivity contribution < 1.29 is 9.47 Å². The molecular formula is C23H34Cl2N4O2. The first-order chi connectivity index (χ1) is 14.1. The van der Waals surface area contributed by atoms with Gasteiger partial charge in [-0.3, -0.25) is 9.98 Å². The van der Waals surface area contributed by atoms with Crippen LogP contribution in [0.2, 0.25) is 0 Å². The van der Waals surface area contributed by atoms with E-state index in [-0.39, 0.29) is 24.8 Å². The topological polar surface area (TPSA) is 95.2 Å². The van der Waals surface area contributed by atoms with Crippen molar-refractivity contribution >= 4 is 36.5 Å². The summed E-state index contributed by atoms with van der Waals surface area (Å²) in [5, 5.41) is 0. The lowest BCUT2D eigenvalue weighted by Gasteiger charge is -2.04. The predicted molar refractivity (Wildman–Crippen MR) is 135 cm³/mol. The fourth-order valence-electron chi connectivity index (χ4n) is 2.86. The summed E-state index contributed by atoms with van der Waals surface area (Å²) in [6.45, 7) is 1.50. The molecule has 0 aromatic heterocycles. The van der Waals surface area contributed by atoms with Crippen LogP contribution < -0.4 is 20.9 Å². The smallest absolute Gasteiger partial charge is 0.125 e. The van der Waals surface area contributed by atoms with E-state index in [0.717, 1.165) is 67.8 Å². The quantitative estimate of drug-likeness (QED) is 0.270. The van der Waals surface area contributed by atoms with Crippen molar-refractivity contribution in [2.75, 3.05) is 27.3 Å². The van der Waals surface area contributed by atoms with Gasteiger partial charge >= 0.3 is 0 Å². The van der Waals surface area contributed by atoms with Gasteiger partial charge in [0.25, 0.3) is 0 Å². The van der Waals surface area contributed by atoms with Crippen LogP contribution in [-0.4, -0.2) is 39.0 Å². The van der Waals surface area contributed by atoms with Gasteiger partial charge in [0, 0.05) is 24.2 Å². The molecule has 172 valence electrons. The third-order valence-corrected chi connectivity index (χ3v) is 4.65. The minimum atomic E-state index is 0. The summed E-state index contributed by atoms with van der Waals surface area (Å²) >= 11 is 0. The second-order valence-electron chi connectivity index (χ2n) is 6.76. The van der Waals surface area contributed by atoms with E-state index in [9.17, 15) is 0 Å². The van der Waals surface area contributed by atoms with Crippen LogP contribution in [0.15, 0.2) is 58.5 Å². The van der Waals surface area contributed by atoms with E-state index >= 15 is 0 Å². The molecule has 0 unspecified atom stereocenters. The number of halogens is 2. The van der Waals surface area contributed by atoms with E-state index in [4.69, 9.17) is 20.9 Å². The highest BCUT2D eigenvalue weighted by molar-refractivity contribution is 5.98. The zero-order valence-electron chi connectivity index (χ0n) is 18.3. The highest BCUT2D eigenvalue weighted by Gasteiger charge is 2.00. The molecule has 8 heteroatoms. The standard InChI is InChI=1S/C23H32N4O2.2ClH/c1-28-20-12-8-18(9-13-20)22(24)26-16-6-4-3-5-7-17-27-23(25)19-10-14-21(29-2)15-11-19;;/h8-15H,3-7,16-17H2,1-2H3,(H2,24,26)(H2,25,27);2*1H. The highest BCUT2D eigenvalue weighted by atomic mass is 35.5. The van der Waals surface area contributed by atoms with Gasteiger partial charge < -0.3 is 20.9 Å². The minimum absolute atomic E-state index is 0. The fourth-order valence-corrected chi connectivity index (χ4v) is 2.86. The minimum Gasteiger partial charge on any atom is -0.497 e. The fraction of sp³-hybridized carbons (Fsp3) is 0.391. The van der Waals surface area contributed by atoms with Crippen molar-refractivity contribution in [2.24, 2.45) is 21.5 Å². The van der Waals surface area contributed by atoms with Crippen molar-refractivity contribution in [1.29, 1.82) is 0 Å². The first-order valence-electron chi connectivity index (χ1n) is 10.0. The Morgan fingerprint density at radius 2 is 0.935 bits per heavy atom. The molecule has 0 atom stereocenters. The van der Waals surface area contributed by atoms with Crippen LogP contribution in [0.5, 0.6) is 11.5 Å². The maximum Gasteiger partial charge on any atom is 0.125 e. The molecule has 2 aromatic carbocycles. The van der Waals surface area contributed by atoms with Crippen LogP contribution >= 0.6 is 24.8 Å². The van der Waals surface area contributed by atoms with E-state index in [1.54, 1.807) is 14.2 Å². The van der Waals surface area contributed by atoms with Gasteiger partial charge in [0.15, 0.2) is 0 Å². The summed E-state index contributed by atoms with van der Waals surface area (Å²) < 4.78 is 10.3. The molecule has 0 spiro atoms. The van der Waals surface area contributed by atoms with Crippen LogP contribution in [0.3, 0.4) is 0 Å². The van der Waals surface area contributed by atoms with Crippen molar-refractivity contribution in [1.82, 2.24) is 0 Å². The molecule has 0 aliphatic heterocycles. The number of nitrogens with zero attached hydrogens (tertiary/aromatic N) is 2. The second-order valence-corrected chi connectivity index (χ2v) is 6.76. The van der Waals surface area contributed by atoms with Gasteiger partial charge in [0.2, 0.25) is 0 Å². The molecule has 0 bridgehead atoms. The van der Waals surface area contributed by atoms with Gasteiger partial charge in [-0.2, -0.15) is 0 Å². The summed E-state index contributed by atoms with van der Waals surface area (Å²) in [4.78, 5) is 8.92. The summed E-state index contributed by atoms with van der Waals surface area (Å²) in [6.07, 6.45) is 5.51. The van der Waals surface area contributed by atoms with E-state index in [1.807, 2.05) is 48.5 Å². The number of benzene rings is 2. The third-order valence-electron chi connectivity index (χ3n) is 4.65. The lowest BCUT2D eigenvalue weighted by atomic mass is 10.1. The van der Waals surface area contributed by atoms with Crippen molar-refractivity contribution in [3.8, 4) is 11.5 Å². The number of ether oxygens (including phenoxy) is 2. The summed E-state index contributed by atoms with van der Waals surface area (Å²) in [5.41, 5.74) is 13.9. The second kappa shape index (κ2) is 16.3. The zero-order valence-corrected chi connectivity index (χ0v) is 19.9. The summed E-state index contributed by atoms with van der Waals surface area (Å²) in [7, 11) is 3.29. The zero-order chi connectivity index (χ0) is 20.9. The molecule has 0 aliphatic carbocycles. The molecule has 0 amide bonds. The van der Waals surface area contributed by atoms with E-state index in [0.29, 0.717) is 11.7 Å². The molecule has 0 aliphatic rings. The molecule has 0 saturated heterocycles. The SMILES string of the molecule is COc1ccc(C(N)=NCCCCCCCN=C(N)c2ccc(OC)cc2)cc1.Cl.Cl. The monoisotopic (exact) mass is 468 g/mol. The molecule has 31 heavy (non-hydrogen) atoms. The van der Waals surface area contributed by atoms with Gasteiger partial charge in [-0.1, -0.05) is 19.3 Å². The van der Waals surface area contributed by atoms with E-state index in [1.165, 1.54) is 0 Å². The first-order valence-corrected chi connectivity index (χ1v) is 10.0. The number of rotatable bonds is 12. The maximum absolute atomic E-state index is 6.04. The lowest BCUT2D eigenvalue weighted by molar-refractivity contribution is 0.414. The predicted octanol–water partition coefficient (Wildman–Crippen LogP) is 4.61. The lowest BCUT2D eigenvalue weighted by Crippen LogP contribution is -2.14. The van der Waals surface area contributed by atoms with E-state index < -0.39 is 0 Å². The van der Waals surface area contributed by atoms with Crippen molar-refractivity contribution in [3.63, 3.8) is 0 Å². The molecule has 2 rings (SSSR count). The number of methoxy groups -OCH3 is 2. The Morgan fingerprint density at radius 1 is 0.613 bits per heavy atom. The number of hydrogen-bond donors (Lipinski definition) is 2. The normalized spacial score (nSPS) is 11.3. The van der Waals surface area contributed by atoms with Crippen LogP contribution in [0.1, 0.15) is 43.2 Å². The molecule has 0 radical (unpaired) electrons. The van der Waals surface area contributed by atoms with Crippen LogP contribution in [0, 0.1) is 0 Å². The number of hydrogen-bond acceptors (Lipinski definition) is 4. The number of nitrogens with two attached hydrogens (primary N) is 2. The highest BCUT2D eigenvalue weighted by Crippen LogP contribution is 2.12. The van der Waals surface area contributed by atoms with E-state index in [2.05, 4.69) is 9.98 Å². The first kappa shape index (κ1) is 28.6. The summed E-state index contributed by atoms with van der Waals surface area (Å²) in [5.74, 6) is 2.79. The molecule has 2 aromatic rings.